The number of thioether (sulfide) groups is 1. The van der Waals surface area contributed by atoms with Crippen molar-refractivity contribution in [1.82, 2.24) is 0 Å². The zero-order chi connectivity index (χ0) is 10.7. The molecule has 4 heteroatoms. The highest BCUT2D eigenvalue weighted by Gasteiger charge is 2.15. The first-order chi connectivity index (χ1) is 7.25. The quantitative estimate of drug-likeness (QED) is 0.755. The van der Waals surface area contributed by atoms with Gasteiger partial charge in [-0.2, -0.15) is 0 Å². The second kappa shape index (κ2) is 4.77. The summed E-state index contributed by atoms with van der Waals surface area (Å²) in [6.07, 6.45) is 2.24. The molecular formula is C11H16N2OS. The van der Waals surface area contributed by atoms with Crippen molar-refractivity contribution in [3.63, 3.8) is 0 Å². The largest absolute Gasteiger partial charge is 0.397 e. The van der Waals surface area contributed by atoms with Crippen LogP contribution in [-0.2, 0) is 4.74 Å². The van der Waals surface area contributed by atoms with E-state index in [1.54, 1.807) is 0 Å². The minimum Gasteiger partial charge on any atom is -0.397 e. The number of rotatable bonds is 2. The number of hydrogen-bond donors (Lipinski definition) is 2. The molecule has 0 amide bonds. The first kappa shape index (κ1) is 10.6. The molecule has 82 valence electrons. The maximum Gasteiger partial charge on any atom is 0.0559 e. The summed E-state index contributed by atoms with van der Waals surface area (Å²) in [6, 6.07) is 5.86. The van der Waals surface area contributed by atoms with Crippen LogP contribution in [0.2, 0.25) is 0 Å². The first-order valence-corrected chi connectivity index (χ1v) is 6.03. The molecule has 0 aliphatic carbocycles. The number of ether oxygens (including phenoxy) is 1. The number of hydrogen-bond acceptors (Lipinski definition) is 4. The van der Waals surface area contributed by atoms with Gasteiger partial charge in [-0.25, -0.2) is 0 Å². The number of anilines is 2. The second-order valence-corrected chi connectivity index (χ2v) is 5.09. The van der Waals surface area contributed by atoms with E-state index >= 15 is 0 Å². The topological polar surface area (TPSA) is 61.3 Å². The van der Waals surface area contributed by atoms with E-state index in [4.69, 9.17) is 16.2 Å². The highest BCUT2D eigenvalue weighted by atomic mass is 32.2. The highest BCUT2D eigenvalue weighted by molar-refractivity contribution is 8.00. The van der Waals surface area contributed by atoms with Crippen LogP contribution in [0.4, 0.5) is 11.4 Å². The lowest BCUT2D eigenvalue weighted by Gasteiger charge is -2.21. The van der Waals surface area contributed by atoms with E-state index in [-0.39, 0.29) is 0 Å². The number of benzene rings is 1. The van der Waals surface area contributed by atoms with E-state index in [2.05, 4.69) is 0 Å². The van der Waals surface area contributed by atoms with Gasteiger partial charge in [-0.3, -0.25) is 0 Å². The van der Waals surface area contributed by atoms with Crippen molar-refractivity contribution >= 4 is 23.1 Å². The molecule has 0 saturated carbocycles. The fourth-order valence-electron chi connectivity index (χ4n) is 1.61. The van der Waals surface area contributed by atoms with Gasteiger partial charge in [0.2, 0.25) is 0 Å². The molecule has 0 unspecified atom stereocenters. The van der Waals surface area contributed by atoms with Gasteiger partial charge in [-0.05, 0) is 31.0 Å². The second-order valence-electron chi connectivity index (χ2n) is 3.72. The Morgan fingerprint density at radius 3 is 2.53 bits per heavy atom. The molecule has 1 aliphatic heterocycles. The first-order valence-electron chi connectivity index (χ1n) is 5.15. The third-order valence-corrected chi connectivity index (χ3v) is 3.86. The van der Waals surface area contributed by atoms with E-state index in [0.717, 1.165) is 26.1 Å². The fourth-order valence-corrected chi connectivity index (χ4v) is 2.77. The monoisotopic (exact) mass is 224 g/mol. The van der Waals surface area contributed by atoms with E-state index in [1.165, 1.54) is 4.90 Å². The molecule has 1 saturated heterocycles. The molecule has 0 radical (unpaired) electrons. The Balaban J connectivity index is 2.00. The van der Waals surface area contributed by atoms with Gasteiger partial charge in [0.1, 0.15) is 0 Å². The minimum atomic E-state index is 0.654. The normalized spacial score (nSPS) is 17.9. The smallest absolute Gasteiger partial charge is 0.0559 e. The molecule has 3 nitrogen and oxygen atoms in total. The number of nitrogens with two attached hydrogens (primary N) is 2. The van der Waals surface area contributed by atoms with Crippen molar-refractivity contribution in [3.8, 4) is 0 Å². The van der Waals surface area contributed by atoms with Crippen LogP contribution < -0.4 is 11.5 Å². The molecule has 0 atom stereocenters. The summed E-state index contributed by atoms with van der Waals surface area (Å²) in [5.41, 5.74) is 12.8. The van der Waals surface area contributed by atoms with Crippen LogP contribution in [0.15, 0.2) is 23.1 Å². The molecule has 0 bridgehead atoms. The zero-order valence-electron chi connectivity index (χ0n) is 8.61. The molecule has 1 heterocycles. The van der Waals surface area contributed by atoms with Crippen molar-refractivity contribution in [2.75, 3.05) is 24.7 Å². The standard InChI is InChI=1S/C11H16N2OS/c12-10-2-1-9(7-11(10)13)15-8-3-5-14-6-4-8/h1-2,7-8H,3-6,12-13H2. The lowest BCUT2D eigenvalue weighted by atomic mass is 10.2. The maximum atomic E-state index is 5.76. The molecule has 2 rings (SSSR count). The van der Waals surface area contributed by atoms with Gasteiger partial charge in [0.15, 0.2) is 0 Å². The van der Waals surface area contributed by atoms with Gasteiger partial charge in [0.05, 0.1) is 11.4 Å². The molecule has 1 fully saturated rings. The van der Waals surface area contributed by atoms with Crippen molar-refractivity contribution in [2.45, 2.75) is 23.0 Å². The molecule has 0 spiro atoms. The SMILES string of the molecule is Nc1ccc(SC2CCOCC2)cc1N. The Bertz CT molecular complexity index is 337. The van der Waals surface area contributed by atoms with E-state index in [1.807, 2.05) is 30.0 Å². The van der Waals surface area contributed by atoms with Crippen LogP contribution in [0.1, 0.15) is 12.8 Å². The summed E-state index contributed by atoms with van der Waals surface area (Å²) < 4.78 is 5.32. The molecular weight excluding hydrogens is 208 g/mol. The van der Waals surface area contributed by atoms with Gasteiger partial charge >= 0.3 is 0 Å². The molecule has 4 N–H and O–H groups in total. The van der Waals surface area contributed by atoms with Crippen LogP contribution in [-0.4, -0.2) is 18.5 Å². The average molecular weight is 224 g/mol. The van der Waals surface area contributed by atoms with Gasteiger partial charge in [-0.1, -0.05) is 0 Å². The Kier molecular flexibility index (Phi) is 3.38. The van der Waals surface area contributed by atoms with E-state index < -0.39 is 0 Å². The molecule has 1 aromatic rings. The summed E-state index contributed by atoms with van der Waals surface area (Å²) in [5, 5.41) is 0.654. The zero-order valence-corrected chi connectivity index (χ0v) is 9.43. The third-order valence-electron chi connectivity index (χ3n) is 2.53. The lowest BCUT2D eigenvalue weighted by Crippen LogP contribution is -2.17. The van der Waals surface area contributed by atoms with Crippen LogP contribution >= 0.6 is 11.8 Å². The summed E-state index contributed by atoms with van der Waals surface area (Å²) in [7, 11) is 0. The van der Waals surface area contributed by atoms with Crippen molar-refractivity contribution < 1.29 is 4.74 Å². The molecule has 1 aromatic carbocycles. The van der Waals surface area contributed by atoms with Gasteiger partial charge in [0, 0.05) is 23.4 Å². The fraction of sp³-hybridized carbons (Fsp3) is 0.455. The third kappa shape index (κ3) is 2.79. The van der Waals surface area contributed by atoms with Crippen LogP contribution in [0.25, 0.3) is 0 Å². The van der Waals surface area contributed by atoms with Crippen molar-refractivity contribution in [2.24, 2.45) is 0 Å². The minimum absolute atomic E-state index is 0.654. The predicted molar refractivity (Wildman–Crippen MR) is 65.0 cm³/mol. The van der Waals surface area contributed by atoms with Crippen molar-refractivity contribution in [3.05, 3.63) is 18.2 Å². The summed E-state index contributed by atoms with van der Waals surface area (Å²) in [6.45, 7) is 1.75. The Morgan fingerprint density at radius 2 is 1.87 bits per heavy atom. The predicted octanol–water partition coefficient (Wildman–Crippen LogP) is 2.12. The highest BCUT2D eigenvalue weighted by Crippen LogP contribution is 2.32. The Labute approximate surface area is 94.2 Å². The van der Waals surface area contributed by atoms with Crippen LogP contribution in [0.3, 0.4) is 0 Å². The molecule has 1 aliphatic rings. The van der Waals surface area contributed by atoms with E-state index in [9.17, 15) is 0 Å². The lowest BCUT2D eigenvalue weighted by molar-refractivity contribution is 0.100. The molecule has 0 aromatic heterocycles. The number of nitrogen functional groups attached to an aromatic ring is 2. The molecule has 15 heavy (non-hydrogen) atoms. The van der Waals surface area contributed by atoms with E-state index in [0.29, 0.717) is 16.6 Å². The van der Waals surface area contributed by atoms with Gasteiger partial charge < -0.3 is 16.2 Å². The Hall–Kier alpha value is -0.870. The van der Waals surface area contributed by atoms with Crippen LogP contribution in [0, 0.1) is 0 Å². The van der Waals surface area contributed by atoms with Gasteiger partial charge in [-0.15, -0.1) is 11.8 Å². The maximum absolute atomic E-state index is 5.76. The average Bonchev–Trinajstić information content (AvgIpc) is 2.25. The summed E-state index contributed by atoms with van der Waals surface area (Å²) in [5.74, 6) is 0. The van der Waals surface area contributed by atoms with Crippen molar-refractivity contribution in [1.29, 1.82) is 0 Å². The van der Waals surface area contributed by atoms with Gasteiger partial charge in [0.25, 0.3) is 0 Å². The summed E-state index contributed by atoms with van der Waals surface area (Å²) >= 11 is 1.87. The summed E-state index contributed by atoms with van der Waals surface area (Å²) in [4.78, 5) is 1.20. The Morgan fingerprint density at radius 1 is 1.13 bits per heavy atom. The van der Waals surface area contributed by atoms with Crippen LogP contribution in [0.5, 0.6) is 0 Å².